The molecule has 0 spiro atoms. The third-order valence-corrected chi connectivity index (χ3v) is 4.43. The van der Waals surface area contributed by atoms with E-state index in [0.717, 1.165) is 22.6 Å². The maximum absolute atomic E-state index is 6.27. The number of benzene rings is 1. The number of nitrogens with zero attached hydrogens (tertiary/aromatic N) is 2. The van der Waals surface area contributed by atoms with Crippen LogP contribution < -0.4 is 5.32 Å². The number of aromatic nitrogens is 2. The summed E-state index contributed by atoms with van der Waals surface area (Å²) in [6.45, 7) is 2.06. The Morgan fingerprint density at radius 3 is 2.83 bits per heavy atom. The van der Waals surface area contributed by atoms with Gasteiger partial charge in [0.15, 0.2) is 0 Å². The SMILES string of the molecule is CCc1nnsc1C(NC)c1cccc(Cl)c1Cl. The number of hydrogen-bond donors (Lipinski definition) is 1. The van der Waals surface area contributed by atoms with Gasteiger partial charge in [-0.25, -0.2) is 0 Å². The molecule has 3 nitrogen and oxygen atoms in total. The Hall–Kier alpha value is -0.680. The summed E-state index contributed by atoms with van der Waals surface area (Å²) in [4.78, 5) is 1.09. The molecule has 0 bridgehead atoms. The molecule has 96 valence electrons. The number of hydrogen-bond acceptors (Lipinski definition) is 4. The summed E-state index contributed by atoms with van der Waals surface area (Å²) in [5.41, 5.74) is 1.95. The fourth-order valence-corrected chi connectivity index (χ4v) is 3.14. The first-order valence-corrected chi connectivity index (χ1v) is 7.14. The Kier molecular flexibility index (Phi) is 4.56. The molecule has 1 unspecified atom stereocenters. The van der Waals surface area contributed by atoms with Gasteiger partial charge in [0.1, 0.15) is 0 Å². The van der Waals surface area contributed by atoms with Gasteiger partial charge in [-0.3, -0.25) is 0 Å². The molecule has 1 heterocycles. The van der Waals surface area contributed by atoms with Gasteiger partial charge in [-0.2, -0.15) is 0 Å². The molecule has 0 aliphatic rings. The highest BCUT2D eigenvalue weighted by atomic mass is 35.5. The van der Waals surface area contributed by atoms with Crippen LogP contribution >= 0.6 is 34.7 Å². The molecular formula is C12H13Cl2N3S. The van der Waals surface area contributed by atoms with Crippen LogP contribution in [0.5, 0.6) is 0 Å². The topological polar surface area (TPSA) is 37.8 Å². The predicted molar refractivity (Wildman–Crippen MR) is 76.7 cm³/mol. The van der Waals surface area contributed by atoms with Gasteiger partial charge in [0.2, 0.25) is 0 Å². The van der Waals surface area contributed by atoms with Gasteiger partial charge < -0.3 is 5.32 Å². The predicted octanol–water partition coefficient (Wildman–Crippen LogP) is 3.72. The van der Waals surface area contributed by atoms with E-state index in [0.29, 0.717) is 10.0 Å². The maximum Gasteiger partial charge on any atom is 0.0804 e. The zero-order valence-electron chi connectivity index (χ0n) is 10.1. The van der Waals surface area contributed by atoms with Gasteiger partial charge in [-0.15, -0.1) is 5.10 Å². The molecule has 0 amide bonds. The Bertz CT molecular complexity index is 542. The summed E-state index contributed by atoms with van der Waals surface area (Å²) >= 11 is 13.7. The molecule has 0 radical (unpaired) electrons. The lowest BCUT2D eigenvalue weighted by molar-refractivity contribution is 0.693. The monoisotopic (exact) mass is 301 g/mol. The highest BCUT2D eigenvalue weighted by molar-refractivity contribution is 7.05. The van der Waals surface area contributed by atoms with E-state index in [1.165, 1.54) is 11.5 Å². The second-order valence-corrected chi connectivity index (χ2v) is 5.37. The Labute approximate surface area is 120 Å². The molecule has 0 saturated carbocycles. The van der Waals surface area contributed by atoms with Crippen LogP contribution in [-0.4, -0.2) is 16.6 Å². The fourth-order valence-electron chi connectivity index (χ4n) is 1.85. The Balaban J connectivity index is 2.49. The molecule has 18 heavy (non-hydrogen) atoms. The molecule has 1 atom stereocenters. The van der Waals surface area contributed by atoms with E-state index in [4.69, 9.17) is 23.2 Å². The van der Waals surface area contributed by atoms with E-state index in [1.54, 1.807) is 6.07 Å². The van der Waals surface area contributed by atoms with E-state index >= 15 is 0 Å². The molecule has 1 aromatic heterocycles. The molecule has 0 aliphatic heterocycles. The van der Waals surface area contributed by atoms with Crippen LogP contribution in [0.4, 0.5) is 0 Å². The molecule has 6 heteroatoms. The van der Waals surface area contributed by atoms with Crippen molar-refractivity contribution in [3.05, 3.63) is 44.4 Å². The van der Waals surface area contributed by atoms with Crippen molar-refractivity contribution in [3.8, 4) is 0 Å². The second kappa shape index (κ2) is 5.97. The molecule has 0 fully saturated rings. The molecule has 0 saturated heterocycles. The van der Waals surface area contributed by atoms with E-state index in [2.05, 4.69) is 21.8 Å². The summed E-state index contributed by atoms with van der Waals surface area (Å²) < 4.78 is 4.02. The summed E-state index contributed by atoms with van der Waals surface area (Å²) in [6, 6.07) is 5.63. The number of rotatable bonds is 4. The van der Waals surface area contributed by atoms with Gasteiger partial charge in [-0.05, 0) is 36.6 Å². The van der Waals surface area contributed by atoms with Gasteiger partial charge >= 0.3 is 0 Å². The first-order chi connectivity index (χ1) is 8.69. The van der Waals surface area contributed by atoms with Gasteiger partial charge in [0.25, 0.3) is 0 Å². The van der Waals surface area contributed by atoms with E-state index in [1.807, 2.05) is 19.2 Å². The average Bonchev–Trinajstić information content (AvgIpc) is 2.83. The van der Waals surface area contributed by atoms with Crippen LogP contribution in [0.3, 0.4) is 0 Å². The number of halogens is 2. The third kappa shape index (κ3) is 2.52. The van der Waals surface area contributed by atoms with Crippen LogP contribution in [0.15, 0.2) is 18.2 Å². The second-order valence-electron chi connectivity index (χ2n) is 3.80. The smallest absolute Gasteiger partial charge is 0.0804 e. The van der Waals surface area contributed by atoms with Crippen molar-refractivity contribution < 1.29 is 0 Å². The van der Waals surface area contributed by atoms with Crippen LogP contribution in [0, 0.1) is 0 Å². The molecule has 1 N–H and O–H groups in total. The molecule has 1 aromatic carbocycles. The zero-order chi connectivity index (χ0) is 13.1. The van der Waals surface area contributed by atoms with Crippen molar-refractivity contribution in [2.75, 3.05) is 7.05 Å². The lowest BCUT2D eigenvalue weighted by Crippen LogP contribution is -2.18. The first kappa shape index (κ1) is 13.7. The van der Waals surface area contributed by atoms with Crippen molar-refractivity contribution in [2.24, 2.45) is 0 Å². The molecular weight excluding hydrogens is 289 g/mol. The zero-order valence-corrected chi connectivity index (χ0v) is 12.4. The van der Waals surface area contributed by atoms with Crippen molar-refractivity contribution >= 4 is 34.7 Å². The van der Waals surface area contributed by atoms with Crippen molar-refractivity contribution in [1.82, 2.24) is 14.9 Å². The highest BCUT2D eigenvalue weighted by Gasteiger charge is 2.21. The molecule has 0 aliphatic carbocycles. The van der Waals surface area contributed by atoms with E-state index in [-0.39, 0.29) is 6.04 Å². The highest BCUT2D eigenvalue weighted by Crippen LogP contribution is 2.35. The lowest BCUT2D eigenvalue weighted by Gasteiger charge is -2.17. The van der Waals surface area contributed by atoms with Crippen molar-refractivity contribution in [1.29, 1.82) is 0 Å². The lowest BCUT2D eigenvalue weighted by atomic mass is 10.0. The summed E-state index contributed by atoms with van der Waals surface area (Å²) in [5, 5.41) is 8.52. The van der Waals surface area contributed by atoms with Crippen LogP contribution in [0.25, 0.3) is 0 Å². The largest absolute Gasteiger partial charge is 0.309 e. The van der Waals surface area contributed by atoms with Crippen LogP contribution in [-0.2, 0) is 6.42 Å². The summed E-state index contributed by atoms with van der Waals surface area (Å²) in [7, 11) is 1.89. The standard InChI is InChI=1S/C12H13Cl2N3S/c1-3-9-12(18-17-16-9)11(15-2)7-5-4-6-8(13)10(7)14/h4-6,11,15H,3H2,1-2H3. The Morgan fingerprint density at radius 2 is 2.17 bits per heavy atom. The minimum atomic E-state index is -0.0221. The average molecular weight is 302 g/mol. The van der Waals surface area contributed by atoms with Gasteiger partial charge in [-0.1, -0.05) is 46.7 Å². The quantitative estimate of drug-likeness (QED) is 0.935. The third-order valence-electron chi connectivity index (χ3n) is 2.76. The molecule has 2 aromatic rings. The number of nitrogens with one attached hydrogen (secondary N) is 1. The maximum atomic E-state index is 6.27. The van der Waals surface area contributed by atoms with Crippen LogP contribution in [0.2, 0.25) is 10.0 Å². The van der Waals surface area contributed by atoms with Gasteiger partial charge in [0, 0.05) is 0 Å². The van der Waals surface area contributed by atoms with Gasteiger partial charge in [0.05, 0.1) is 26.7 Å². The van der Waals surface area contributed by atoms with Crippen molar-refractivity contribution in [3.63, 3.8) is 0 Å². The Morgan fingerprint density at radius 1 is 1.39 bits per heavy atom. The van der Waals surface area contributed by atoms with Crippen LogP contribution in [0.1, 0.15) is 29.1 Å². The van der Waals surface area contributed by atoms with E-state index < -0.39 is 0 Å². The fraction of sp³-hybridized carbons (Fsp3) is 0.333. The summed E-state index contributed by atoms with van der Waals surface area (Å²) in [6.07, 6.45) is 0.849. The van der Waals surface area contributed by atoms with Crippen molar-refractivity contribution in [2.45, 2.75) is 19.4 Å². The first-order valence-electron chi connectivity index (χ1n) is 5.61. The normalized spacial score (nSPS) is 12.7. The van der Waals surface area contributed by atoms with E-state index in [9.17, 15) is 0 Å². The minimum absolute atomic E-state index is 0.0221. The number of aryl methyl sites for hydroxylation is 1. The summed E-state index contributed by atoms with van der Waals surface area (Å²) in [5.74, 6) is 0. The molecule has 2 rings (SSSR count). The minimum Gasteiger partial charge on any atom is -0.309 e.